The maximum atomic E-state index is 14.3. The van der Waals surface area contributed by atoms with E-state index in [2.05, 4.69) is 122 Å². The number of fused-ring (bicyclic) bond motifs is 2. The summed E-state index contributed by atoms with van der Waals surface area (Å²) in [6.07, 6.45) is 0.692. The third kappa shape index (κ3) is 4.03. The second kappa shape index (κ2) is 10.5. The van der Waals surface area contributed by atoms with Gasteiger partial charge in [0.05, 0.1) is 21.6 Å². The lowest BCUT2D eigenvalue weighted by molar-refractivity contribution is 0.594. The minimum absolute atomic E-state index is 0.319. The first-order chi connectivity index (χ1) is 22.0. The Bertz CT molecular complexity index is 2200. The van der Waals surface area contributed by atoms with Crippen molar-refractivity contribution >= 4 is 49.7 Å². The van der Waals surface area contributed by atoms with Gasteiger partial charge in [0.15, 0.2) is 8.07 Å². The van der Waals surface area contributed by atoms with Crippen molar-refractivity contribution in [2.75, 3.05) is 0 Å². The predicted octanol–water partition coefficient (Wildman–Crippen LogP) is 5.78. The van der Waals surface area contributed by atoms with Gasteiger partial charge in [0.25, 0.3) is 0 Å². The van der Waals surface area contributed by atoms with Crippen molar-refractivity contribution in [3.05, 3.63) is 157 Å². The number of hydrogen-bond donors (Lipinski definition) is 0. The van der Waals surface area contributed by atoms with E-state index in [0.29, 0.717) is 38.5 Å². The molecule has 7 aromatic rings. The molecule has 0 aliphatic carbocycles. The standard InChI is InChI=1S/C39H30N2O2SSi/c1-2-37-40-34-27-26-33(39-38(34)41(37)35-20-12-13-21-36(35)44(39,42)43)28-22-24-32(25-23-28)45(29-14-6-3-7-15-29,30-16-8-4-9-17-30)31-18-10-5-11-19-31/h3-27H,2H2,1H3. The van der Waals surface area contributed by atoms with Gasteiger partial charge < -0.3 is 0 Å². The van der Waals surface area contributed by atoms with Crippen molar-refractivity contribution in [2.45, 2.75) is 23.1 Å². The molecule has 1 aliphatic heterocycles. The number of nitrogens with zero attached hydrogens (tertiary/aromatic N) is 2. The van der Waals surface area contributed by atoms with E-state index >= 15 is 0 Å². The third-order valence-corrected chi connectivity index (χ3v) is 15.7. The fourth-order valence-electron chi connectivity index (χ4n) is 7.12. The van der Waals surface area contributed by atoms with E-state index in [1.165, 1.54) is 20.7 Å². The minimum Gasteiger partial charge on any atom is -0.294 e. The number of rotatable bonds is 6. The van der Waals surface area contributed by atoms with Crippen LogP contribution in [0.5, 0.6) is 0 Å². The average molecular weight is 619 g/mol. The summed E-state index contributed by atoms with van der Waals surface area (Å²) in [4.78, 5) is 5.50. The first kappa shape index (κ1) is 27.5. The smallest absolute Gasteiger partial charge is 0.211 e. The Labute approximate surface area is 264 Å². The van der Waals surface area contributed by atoms with Gasteiger partial charge in [-0.25, -0.2) is 13.4 Å². The number of para-hydroxylation sites is 1. The van der Waals surface area contributed by atoms with E-state index in [9.17, 15) is 8.42 Å². The molecule has 0 saturated heterocycles. The number of aryl methyl sites for hydroxylation is 1. The first-order valence-electron chi connectivity index (χ1n) is 15.2. The summed E-state index contributed by atoms with van der Waals surface area (Å²) in [7, 11) is -6.50. The molecule has 0 bridgehead atoms. The molecule has 0 saturated carbocycles. The molecular weight excluding hydrogens is 589 g/mol. The highest BCUT2D eigenvalue weighted by molar-refractivity contribution is 7.92. The van der Waals surface area contributed by atoms with Crippen LogP contribution in [0.4, 0.5) is 0 Å². The molecule has 0 spiro atoms. The van der Waals surface area contributed by atoms with Gasteiger partial charge in [0.1, 0.15) is 10.7 Å². The molecule has 0 N–H and O–H groups in total. The van der Waals surface area contributed by atoms with Crippen LogP contribution in [-0.2, 0) is 16.3 Å². The topological polar surface area (TPSA) is 52.0 Å². The van der Waals surface area contributed by atoms with Gasteiger partial charge in [0, 0.05) is 12.0 Å². The van der Waals surface area contributed by atoms with E-state index < -0.39 is 17.9 Å². The highest BCUT2D eigenvalue weighted by Crippen LogP contribution is 2.44. The predicted molar refractivity (Wildman–Crippen MR) is 185 cm³/mol. The minimum atomic E-state index is -3.80. The third-order valence-electron chi connectivity index (χ3n) is 9.07. The maximum absolute atomic E-state index is 14.3. The Hall–Kier alpha value is -5.04. The second-order valence-electron chi connectivity index (χ2n) is 11.4. The van der Waals surface area contributed by atoms with Crippen molar-refractivity contribution in [1.82, 2.24) is 9.55 Å². The van der Waals surface area contributed by atoms with Crippen molar-refractivity contribution < 1.29 is 8.42 Å². The molecule has 6 heteroatoms. The molecule has 8 rings (SSSR count). The van der Waals surface area contributed by atoms with Crippen molar-refractivity contribution in [3.8, 4) is 16.8 Å². The molecule has 2 heterocycles. The normalized spacial score (nSPS) is 13.4. The Morgan fingerprint density at radius 1 is 0.600 bits per heavy atom. The van der Waals surface area contributed by atoms with Gasteiger partial charge in [-0.2, -0.15) is 0 Å². The first-order valence-corrected chi connectivity index (χ1v) is 18.7. The van der Waals surface area contributed by atoms with Gasteiger partial charge >= 0.3 is 0 Å². The monoisotopic (exact) mass is 618 g/mol. The Morgan fingerprint density at radius 3 is 1.67 bits per heavy atom. The van der Waals surface area contributed by atoms with Crippen LogP contribution in [0.1, 0.15) is 12.7 Å². The maximum Gasteiger partial charge on any atom is 0.211 e. The van der Waals surface area contributed by atoms with E-state index in [-0.39, 0.29) is 0 Å². The molecule has 1 aromatic heterocycles. The van der Waals surface area contributed by atoms with Gasteiger partial charge in [-0.3, -0.25) is 4.57 Å². The van der Waals surface area contributed by atoms with Crippen LogP contribution >= 0.6 is 0 Å². The van der Waals surface area contributed by atoms with Crippen LogP contribution in [-0.4, -0.2) is 26.0 Å². The zero-order valence-electron chi connectivity index (χ0n) is 24.8. The molecule has 6 aromatic carbocycles. The summed E-state index contributed by atoms with van der Waals surface area (Å²) in [6.45, 7) is 2.05. The fourth-order valence-corrected chi connectivity index (χ4v) is 13.7. The van der Waals surface area contributed by atoms with Crippen LogP contribution < -0.4 is 20.7 Å². The molecule has 4 nitrogen and oxygen atoms in total. The Morgan fingerprint density at radius 2 is 1.11 bits per heavy atom. The molecule has 0 atom stereocenters. The lowest BCUT2D eigenvalue weighted by Gasteiger charge is -2.34. The lowest BCUT2D eigenvalue weighted by atomic mass is 10.0. The zero-order chi connectivity index (χ0) is 30.6. The van der Waals surface area contributed by atoms with E-state index in [4.69, 9.17) is 4.98 Å². The number of sulfone groups is 1. The number of imidazole rings is 1. The quantitative estimate of drug-likeness (QED) is 0.176. The Balaban J connectivity index is 1.38. The van der Waals surface area contributed by atoms with Gasteiger partial charge in [-0.05, 0) is 44.5 Å². The number of hydrogen-bond acceptors (Lipinski definition) is 3. The van der Waals surface area contributed by atoms with Crippen molar-refractivity contribution in [1.29, 1.82) is 0 Å². The summed E-state index contributed by atoms with van der Waals surface area (Å²) in [5.41, 5.74) is 3.58. The summed E-state index contributed by atoms with van der Waals surface area (Å²) >= 11 is 0. The van der Waals surface area contributed by atoms with Gasteiger partial charge in [-0.1, -0.05) is 140 Å². The molecule has 0 amide bonds. The number of benzene rings is 6. The highest BCUT2D eigenvalue weighted by Gasteiger charge is 2.41. The summed E-state index contributed by atoms with van der Waals surface area (Å²) in [5.74, 6) is 0.852. The zero-order valence-corrected chi connectivity index (χ0v) is 26.6. The SMILES string of the molecule is CCc1nc2ccc(-c3ccc([Si](c4ccccc4)(c4ccccc4)c4ccccc4)cc3)c3c2n1-c1ccccc1S3(=O)=O. The number of aromatic nitrogens is 2. The van der Waals surface area contributed by atoms with Gasteiger partial charge in [0.2, 0.25) is 9.84 Å². The van der Waals surface area contributed by atoms with Crippen LogP contribution in [0, 0.1) is 0 Å². The molecular formula is C39H30N2O2SSi. The fraction of sp³-hybridized carbons (Fsp3) is 0.0513. The van der Waals surface area contributed by atoms with Crippen molar-refractivity contribution in [3.63, 3.8) is 0 Å². The van der Waals surface area contributed by atoms with E-state index in [1.807, 2.05) is 28.8 Å². The van der Waals surface area contributed by atoms with E-state index in [0.717, 1.165) is 11.4 Å². The molecule has 0 fully saturated rings. The van der Waals surface area contributed by atoms with E-state index in [1.54, 1.807) is 12.1 Å². The molecule has 1 aliphatic rings. The molecule has 0 unspecified atom stereocenters. The Kier molecular flexibility index (Phi) is 6.44. The molecule has 0 radical (unpaired) electrons. The summed E-state index contributed by atoms with van der Waals surface area (Å²) < 4.78 is 30.7. The van der Waals surface area contributed by atoms with Crippen LogP contribution in [0.2, 0.25) is 0 Å². The van der Waals surface area contributed by atoms with Crippen LogP contribution in [0.25, 0.3) is 27.8 Å². The van der Waals surface area contributed by atoms with Crippen LogP contribution in [0.3, 0.4) is 0 Å². The lowest BCUT2D eigenvalue weighted by Crippen LogP contribution is -2.74. The summed E-state index contributed by atoms with van der Waals surface area (Å²) in [6, 6.07) is 52.1. The summed E-state index contributed by atoms with van der Waals surface area (Å²) in [5, 5.41) is 5.11. The molecule has 45 heavy (non-hydrogen) atoms. The van der Waals surface area contributed by atoms with Crippen LogP contribution in [0.15, 0.2) is 161 Å². The van der Waals surface area contributed by atoms with Crippen molar-refractivity contribution in [2.24, 2.45) is 0 Å². The molecule has 218 valence electrons. The average Bonchev–Trinajstić information content (AvgIpc) is 3.48. The second-order valence-corrected chi connectivity index (χ2v) is 17.1. The largest absolute Gasteiger partial charge is 0.294 e. The van der Waals surface area contributed by atoms with Gasteiger partial charge in [-0.15, -0.1) is 0 Å². The highest BCUT2D eigenvalue weighted by atomic mass is 32.2.